The van der Waals surface area contributed by atoms with Crippen LogP contribution in [0.3, 0.4) is 0 Å². The van der Waals surface area contributed by atoms with E-state index in [1.54, 1.807) is 0 Å². The van der Waals surface area contributed by atoms with Crippen molar-refractivity contribution in [2.45, 2.75) is 18.9 Å². The summed E-state index contributed by atoms with van der Waals surface area (Å²) in [5.74, 6) is 0. The maximum Gasteiger partial charge on any atom is 0.0157 e. The first-order valence-electron chi connectivity index (χ1n) is 4.31. The van der Waals surface area contributed by atoms with Crippen LogP contribution in [0.15, 0.2) is 0 Å². The Balaban J connectivity index is 2.07. The zero-order valence-electron chi connectivity index (χ0n) is 7.15. The van der Waals surface area contributed by atoms with Gasteiger partial charge in [-0.3, -0.25) is 0 Å². The van der Waals surface area contributed by atoms with Gasteiger partial charge < -0.3 is 10.2 Å². The molecule has 1 rings (SSSR count). The predicted octanol–water partition coefficient (Wildman–Crippen LogP) is 1.07. The number of halogens is 1. The number of hydrogen-bond donors (Lipinski definition) is 1. The van der Waals surface area contributed by atoms with Crippen LogP contribution in [0.2, 0.25) is 0 Å². The Labute approximate surface area is 77.5 Å². The van der Waals surface area contributed by atoms with E-state index < -0.39 is 0 Å². The molecule has 1 saturated heterocycles. The molecule has 0 radical (unpaired) electrons. The number of likely N-dealkylation sites (tertiary alicyclic amines) is 1. The van der Waals surface area contributed by atoms with E-state index in [-0.39, 0.29) is 0 Å². The van der Waals surface area contributed by atoms with E-state index in [2.05, 4.69) is 33.2 Å². The van der Waals surface area contributed by atoms with Gasteiger partial charge >= 0.3 is 0 Å². The van der Waals surface area contributed by atoms with Gasteiger partial charge in [-0.2, -0.15) is 0 Å². The first-order chi connectivity index (χ1) is 5.33. The number of nitrogens with one attached hydrogen (secondary N) is 1. The van der Waals surface area contributed by atoms with Crippen LogP contribution in [0.1, 0.15) is 12.8 Å². The molecule has 0 aromatic carbocycles. The second kappa shape index (κ2) is 5.12. The summed E-state index contributed by atoms with van der Waals surface area (Å²) in [4.78, 5) is 2.40. The molecule has 11 heavy (non-hydrogen) atoms. The van der Waals surface area contributed by atoms with Crippen molar-refractivity contribution in [3.05, 3.63) is 0 Å². The lowest BCUT2D eigenvalue weighted by molar-refractivity contribution is 0.237. The molecule has 0 spiro atoms. The highest BCUT2D eigenvalue weighted by molar-refractivity contribution is 9.09. The van der Waals surface area contributed by atoms with Crippen LogP contribution in [-0.4, -0.2) is 43.0 Å². The molecule has 0 bridgehead atoms. The standard InChI is InChI=1S/C8H17BrN2/c1-11-6-2-8(3-7-11)10-5-4-9/h8,10H,2-7H2,1H3. The van der Waals surface area contributed by atoms with Gasteiger partial charge in [0, 0.05) is 17.9 Å². The molecule has 0 unspecified atom stereocenters. The maximum atomic E-state index is 3.52. The van der Waals surface area contributed by atoms with Crippen molar-refractivity contribution in [3.8, 4) is 0 Å². The number of piperidine rings is 1. The molecule has 0 amide bonds. The molecular weight excluding hydrogens is 204 g/mol. The maximum absolute atomic E-state index is 3.52. The van der Waals surface area contributed by atoms with Crippen molar-refractivity contribution >= 4 is 15.9 Å². The molecule has 0 saturated carbocycles. The largest absolute Gasteiger partial charge is 0.313 e. The molecule has 3 heteroatoms. The number of alkyl halides is 1. The van der Waals surface area contributed by atoms with Crippen LogP contribution in [-0.2, 0) is 0 Å². The lowest BCUT2D eigenvalue weighted by Gasteiger charge is -2.29. The third kappa shape index (κ3) is 3.54. The van der Waals surface area contributed by atoms with Gasteiger partial charge in [-0.15, -0.1) is 0 Å². The van der Waals surface area contributed by atoms with Gasteiger partial charge in [0.25, 0.3) is 0 Å². The average molecular weight is 221 g/mol. The van der Waals surface area contributed by atoms with Crippen LogP contribution < -0.4 is 5.32 Å². The summed E-state index contributed by atoms with van der Waals surface area (Å²) in [5.41, 5.74) is 0. The van der Waals surface area contributed by atoms with Crippen molar-refractivity contribution in [2.75, 3.05) is 32.0 Å². The molecule has 1 aliphatic rings. The van der Waals surface area contributed by atoms with Crippen molar-refractivity contribution in [1.29, 1.82) is 0 Å². The Morgan fingerprint density at radius 1 is 1.45 bits per heavy atom. The molecule has 1 N–H and O–H groups in total. The van der Waals surface area contributed by atoms with Crippen molar-refractivity contribution < 1.29 is 0 Å². The normalized spacial score (nSPS) is 22.4. The van der Waals surface area contributed by atoms with E-state index in [4.69, 9.17) is 0 Å². The molecule has 0 aliphatic carbocycles. The third-order valence-electron chi connectivity index (χ3n) is 2.25. The molecule has 0 atom stereocenters. The summed E-state index contributed by atoms with van der Waals surface area (Å²) in [6.45, 7) is 3.61. The summed E-state index contributed by atoms with van der Waals surface area (Å²) in [7, 11) is 2.20. The van der Waals surface area contributed by atoms with Gasteiger partial charge in [0.05, 0.1) is 0 Å². The second-order valence-corrected chi connectivity index (χ2v) is 4.01. The number of nitrogens with zero attached hydrogens (tertiary/aromatic N) is 1. The SMILES string of the molecule is CN1CCC(NCCBr)CC1. The van der Waals surface area contributed by atoms with E-state index in [9.17, 15) is 0 Å². The fourth-order valence-electron chi connectivity index (χ4n) is 1.47. The Bertz CT molecular complexity index is 97.5. The molecule has 1 heterocycles. The van der Waals surface area contributed by atoms with Crippen LogP contribution in [0.25, 0.3) is 0 Å². The Hall–Kier alpha value is 0.400. The Morgan fingerprint density at radius 3 is 2.64 bits per heavy atom. The first kappa shape index (κ1) is 9.49. The quantitative estimate of drug-likeness (QED) is 0.717. The highest BCUT2D eigenvalue weighted by atomic mass is 79.9. The molecule has 2 nitrogen and oxygen atoms in total. The monoisotopic (exact) mass is 220 g/mol. The van der Waals surface area contributed by atoms with Crippen LogP contribution in [0, 0.1) is 0 Å². The van der Waals surface area contributed by atoms with Crippen molar-refractivity contribution in [3.63, 3.8) is 0 Å². The predicted molar refractivity (Wildman–Crippen MR) is 52.3 cm³/mol. The van der Waals surface area contributed by atoms with E-state index in [1.807, 2.05) is 0 Å². The summed E-state index contributed by atoms with van der Waals surface area (Å²) >= 11 is 3.42. The van der Waals surface area contributed by atoms with Crippen LogP contribution in [0.5, 0.6) is 0 Å². The Kier molecular flexibility index (Phi) is 4.41. The van der Waals surface area contributed by atoms with E-state index >= 15 is 0 Å². The second-order valence-electron chi connectivity index (χ2n) is 3.22. The number of hydrogen-bond acceptors (Lipinski definition) is 2. The van der Waals surface area contributed by atoms with E-state index in [0.717, 1.165) is 17.9 Å². The summed E-state index contributed by atoms with van der Waals surface area (Å²) in [6.07, 6.45) is 2.62. The third-order valence-corrected chi connectivity index (χ3v) is 2.64. The highest BCUT2D eigenvalue weighted by Gasteiger charge is 2.14. The van der Waals surface area contributed by atoms with Gasteiger partial charge in [0.15, 0.2) is 0 Å². The van der Waals surface area contributed by atoms with Gasteiger partial charge in [-0.05, 0) is 33.0 Å². The number of rotatable bonds is 3. The van der Waals surface area contributed by atoms with Crippen LogP contribution >= 0.6 is 15.9 Å². The zero-order valence-corrected chi connectivity index (χ0v) is 8.73. The molecule has 0 aromatic rings. The highest BCUT2D eigenvalue weighted by Crippen LogP contribution is 2.07. The van der Waals surface area contributed by atoms with Gasteiger partial charge in [0.1, 0.15) is 0 Å². The smallest absolute Gasteiger partial charge is 0.0157 e. The molecule has 0 aromatic heterocycles. The van der Waals surface area contributed by atoms with Gasteiger partial charge in [-0.25, -0.2) is 0 Å². The van der Waals surface area contributed by atoms with Crippen molar-refractivity contribution in [1.82, 2.24) is 10.2 Å². The van der Waals surface area contributed by atoms with Crippen molar-refractivity contribution in [2.24, 2.45) is 0 Å². The van der Waals surface area contributed by atoms with E-state index in [1.165, 1.54) is 25.9 Å². The van der Waals surface area contributed by atoms with Crippen LogP contribution in [0.4, 0.5) is 0 Å². The summed E-state index contributed by atoms with van der Waals surface area (Å²) in [5, 5.41) is 4.59. The fraction of sp³-hybridized carbons (Fsp3) is 1.00. The summed E-state index contributed by atoms with van der Waals surface area (Å²) < 4.78 is 0. The first-order valence-corrected chi connectivity index (χ1v) is 5.43. The van der Waals surface area contributed by atoms with E-state index in [0.29, 0.717) is 0 Å². The molecule has 66 valence electrons. The summed E-state index contributed by atoms with van der Waals surface area (Å²) in [6, 6.07) is 0.767. The molecule has 1 aliphatic heterocycles. The minimum atomic E-state index is 0.767. The minimum Gasteiger partial charge on any atom is -0.313 e. The fourth-order valence-corrected chi connectivity index (χ4v) is 1.70. The average Bonchev–Trinajstić information content (AvgIpc) is 2.04. The van der Waals surface area contributed by atoms with Gasteiger partial charge in [0.2, 0.25) is 0 Å². The topological polar surface area (TPSA) is 15.3 Å². The zero-order chi connectivity index (χ0) is 8.10. The molecule has 1 fully saturated rings. The molecular formula is C8H17BrN2. The lowest BCUT2D eigenvalue weighted by Crippen LogP contribution is -2.41. The van der Waals surface area contributed by atoms with Gasteiger partial charge in [-0.1, -0.05) is 15.9 Å². The Morgan fingerprint density at radius 2 is 2.09 bits per heavy atom. The lowest BCUT2D eigenvalue weighted by atomic mass is 10.1. The minimum absolute atomic E-state index is 0.767.